The van der Waals surface area contributed by atoms with E-state index in [0.29, 0.717) is 11.1 Å². The first-order valence-corrected chi connectivity index (χ1v) is 3.76. The molecule has 0 amide bonds. The molecule has 0 spiro atoms. The van der Waals surface area contributed by atoms with Gasteiger partial charge in [0, 0.05) is 5.56 Å². The molecular weight excluding hydrogens is 167 g/mol. The SMILES string of the molecule is C=C[C@@H](N)c1cc(C#N)ccc1F. The van der Waals surface area contributed by atoms with Crippen LogP contribution in [0.4, 0.5) is 4.39 Å². The van der Waals surface area contributed by atoms with Crippen LogP contribution in [0.3, 0.4) is 0 Å². The highest BCUT2D eigenvalue weighted by atomic mass is 19.1. The Morgan fingerprint density at radius 2 is 2.31 bits per heavy atom. The molecule has 0 saturated heterocycles. The molecule has 2 N–H and O–H groups in total. The van der Waals surface area contributed by atoms with E-state index in [4.69, 9.17) is 11.0 Å². The maximum atomic E-state index is 13.1. The summed E-state index contributed by atoms with van der Waals surface area (Å²) in [4.78, 5) is 0. The minimum absolute atomic E-state index is 0.300. The van der Waals surface area contributed by atoms with Gasteiger partial charge < -0.3 is 5.73 Å². The fraction of sp³-hybridized carbons (Fsp3) is 0.100. The average molecular weight is 176 g/mol. The van der Waals surface area contributed by atoms with Crippen LogP contribution < -0.4 is 5.73 Å². The summed E-state index contributed by atoms with van der Waals surface area (Å²) in [5.74, 6) is -0.411. The van der Waals surface area contributed by atoms with Crippen LogP contribution in [-0.2, 0) is 0 Å². The van der Waals surface area contributed by atoms with E-state index in [0.717, 1.165) is 0 Å². The highest BCUT2D eigenvalue weighted by Gasteiger charge is 2.08. The van der Waals surface area contributed by atoms with Gasteiger partial charge in [-0.3, -0.25) is 0 Å². The second kappa shape index (κ2) is 3.83. The standard InChI is InChI=1S/C10H9FN2/c1-2-10(13)8-5-7(6-12)3-4-9(8)11/h2-5,10H,1,13H2/t10-/m1/s1. The van der Waals surface area contributed by atoms with Gasteiger partial charge in [0.1, 0.15) is 5.82 Å². The monoisotopic (exact) mass is 176 g/mol. The molecule has 1 aromatic carbocycles. The zero-order chi connectivity index (χ0) is 9.84. The van der Waals surface area contributed by atoms with E-state index >= 15 is 0 Å². The van der Waals surface area contributed by atoms with Gasteiger partial charge in [0.25, 0.3) is 0 Å². The van der Waals surface area contributed by atoms with Gasteiger partial charge in [-0.25, -0.2) is 4.39 Å². The first kappa shape index (κ1) is 9.43. The molecule has 0 fully saturated rings. The number of hydrogen-bond acceptors (Lipinski definition) is 2. The summed E-state index contributed by atoms with van der Waals surface area (Å²) in [6, 6.07) is 5.43. The molecule has 0 aliphatic heterocycles. The van der Waals surface area contributed by atoms with Crippen LogP contribution in [0.5, 0.6) is 0 Å². The van der Waals surface area contributed by atoms with Gasteiger partial charge in [-0.05, 0) is 18.2 Å². The molecule has 0 saturated carbocycles. The molecule has 0 aliphatic carbocycles. The predicted octanol–water partition coefficient (Wildman–Crippen LogP) is 1.88. The summed E-state index contributed by atoms with van der Waals surface area (Å²) in [6.07, 6.45) is 1.43. The lowest BCUT2D eigenvalue weighted by Gasteiger charge is -2.07. The Kier molecular flexibility index (Phi) is 2.78. The zero-order valence-electron chi connectivity index (χ0n) is 7.00. The summed E-state index contributed by atoms with van der Waals surface area (Å²) < 4.78 is 13.1. The molecule has 0 aromatic heterocycles. The van der Waals surface area contributed by atoms with Crippen molar-refractivity contribution in [3.05, 3.63) is 47.8 Å². The van der Waals surface area contributed by atoms with E-state index in [1.807, 2.05) is 6.07 Å². The maximum absolute atomic E-state index is 13.1. The topological polar surface area (TPSA) is 49.8 Å². The molecule has 2 nitrogen and oxygen atoms in total. The van der Waals surface area contributed by atoms with Gasteiger partial charge in [-0.2, -0.15) is 5.26 Å². The molecular formula is C10H9FN2. The molecule has 0 radical (unpaired) electrons. The molecule has 1 rings (SSSR count). The molecule has 3 heteroatoms. The van der Waals surface area contributed by atoms with E-state index in [9.17, 15) is 4.39 Å². The molecule has 1 aromatic rings. The zero-order valence-corrected chi connectivity index (χ0v) is 7.00. The lowest BCUT2D eigenvalue weighted by Crippen LogP contribution is -2.08. The van der Waals surface area contributed by atoms with Crippen LogP contribution in [-0.4, -0.2) is 0 Å². The average Bonchev–Trinajstić information content (AvgIpc) is 2.17. The second-order valence-corrected chi connectivity index (χ2v) is 2.61. The number of halogens is 1. The molecule has 0 unspecified atom stereocenters. The summed E-state index contributed by atoms with van der Waals surface area (Å²) in [6.45, 7) is 3.46. The van der Waals surface area contributed by atoms with Crippen LogP contribution in [0, 0.1) is 17.1 Å². The first-order chi connectivity index (χ1) is 6.19. The van der Waals surface area contributed by atoms with Gasteiger partial charge in [0.05, 0.1) is 17.7 Å². The van der Waals surface area contributed by atoms with E-state index < -0.39 is 11.9 Å². The molecule has 13 heavy (non-hydrogen) atoms. The molecule has 0 heterocycles. The van der Waals surface area contributed by atoms with Crippen molar-refractivity contribution in [2.24, 2.45) is 5.73 Å². The highest BCUT2D eigenvalue weighted by molar-refractivity contribution is 5.36. The largest absolute Gasteiger partial charge is 0.321 e. The third kappa shape index (κ3) is 1.92. The Bertz CT molecular complexity index is 366. The van der Waals surface area contributed by atoms with Crippen molar-refractivity contribution >= 4 is 0 Å². The first-order valence-electron chi connectivity index (χ1n) is 3.76. The number of benzene rings is 1. The predicted molar refractivity (Wildman–Crippen MR) is 48.2 cm³/mol. The van der Waals surface area contributed by atoms with Gasteiger partial charge in [-0.15, -0.1) is 6.58 Å². The Morgan fingerprint density at radius 1 is 1.62 bits per heavy atom. The summed E-state index contributed by atoms with van der Waals surface area (Å²) in [7, 11) is 0. The Labute approximate surface area is 76.1 Å². The number of rotatable bonds is 2. The van der Waals surface area contributed by atoms with Gasteiger partial charge in [0.15, 0.2) is 0 Å². The van der Waals surface area contributed by atoms with Gasteiger partial charge >= 0.3 is 0 Å². The highest BCUT2D eigenvalue weighted by Crippen LogP contribution is 2.17. The van der Waals surface area contributed by atoms with Crippen molar-refractivity contribution in [3.63, 3.8) is 0 Å². The van der Waals surface area contributed by atoms with Crippen molar-refractivity contribution in [2.45, 2.75) is 6.04 Å². The van der Waals surface area contributed by atoms with Crippen molar-refractivity contribution in [3.8, 4) is 6.07 Å². The fourth-order valence-corrected chi connectivity index (χ4v) is 0.996. The fourth-order valence-electron chi connectivity index (χ4n) is 0.996. The molecule has 66 valence electrons. The Balaban J connectivity index is 3.20. The van der Waals surface area contributed by atoms with Crippen molar-refractivity contribution in [1.82, 2.24) is 0 Å². The molecule has 0 bridgehead atoms. The van der Waals surface area contributed by atoms with E-state index in [1.54, 1.807) is 0 Å². The van der Waals surface area contributed by atoms with Gasteiger partial charge in [0.2, 0.25) is 0 Å². The third-order valence-electron chi connectivity index (χ3n) is 1.74. The molecule has 1 atom stereocenters. The van der Waals surface area contributed by atoms with E-state index in [1.165, 1.54) is 24.3 Å². The smallest absolute Gasteiger partial charge is 0.128 e. The minimum Gasteiger partial charge on any atom is -0.321 e. The van der Waals surface area contributed by atoms with Crippen LogP contribution in [0.1, 0.15) is 17.2 Å². The van der Waals surface area contributed by atoms with Crippen molar-refractivity contribution < 1.29 is 4.39 Å². The van der Waals surface area contributed by atoms with Crippen LogP contribution in [0.25, 0.3) is 0 Å². The summed E-state index contributed by atoms with van der Waals surface area (Å²) >= 11 is 0. The summed E-state index contributed by atoms with van der Waals surface area (Å²) in [5.41, 5.74) is 6.25. The number of nitriles is 1. The second-order valence-electron chi connectivity index (χ2n) is 2.61. The third-order valence-corrected chi connectivity index (χ3v) is 1.74. The number of nitrogens with two attached hydrogens (primary N) is 1. The normalized spacial score (nSPS) is 11.8. The maximum Gasteiger partial charge on any atom is 0.128 e. The lowest BCUT2D eigenvalue weighted by molar-refractivity contribution is 0.602. The molecule has 0 aliphatic rings. The number of nitrogens with zero attached hydrogens (tertiary/aromatic N) is 1. The van der Waals surface area contributed by atoms with Crippen molar-refractivity contribution in [1.29, 1.82) is 5.26 Å². The van der Waals surface area contributed by atoms with Crippen molar-refractivity contribution in [2.75, 3.05) is 0 Å². The Morgan fingerprint density at radius 3 is 2.85 bits per heavy atom. The van der Waals surface area contributed by atoms with E-state index in [-0.39, 0.29) is 0 Å². The van der Waals surface area contributed by atoms with Crippen LogP contribution >= 0.6 is 0 Å². The quantitative estimate of drug-likeness (QED) is 0.699. The minimum atomic E-state index is -0.562. The summed E-state index contributed by atoms with van der Waals surface area (Å²) in [5, 5.41) is 8.57. The van der Waals surface area contributed by atoms with E-state index in [2.05, 4.69) is 6.58 Å². The Hall–Kier alpha value is -1.66. The van der Waals surface area contributed by atoms with Crippen LogP contribution in [0.15, 0.2) is 30.9 Å². The number of hydrogen-bond donors (Lipinski definition) is 1. The van der Waals surface area contributed by atoms with Crippen LogP contribution in [0.2, 0.25) is 0 Å². The van der Waals surface area contributed by atoms with Gasteiger partial charge in [-0.1, -0.05) is 6.08 Å². The lowest BCUT2D eigenvalue weighted by atomic mass is 10.0.